The van der Waals surface area contributed by atoms with Gasteiger partial charge in [0.15, 0.2) is 5.82 Å². The zero-order valence-electron chi connectivity index (χ0n) is 11.2. The van der Waals surface area contributed by atoms with Crippen molar-refractivity contribution >= 4 is 5.69 Å². The second-order valence-electron chi connectivity index (χ2n) is 4.77. The van der Waals surface area contributed by atoms with Crippen LogP contribution in [0.5, 0.6) is 0 Å². The highest BCUT2D eigenvalue weighted by Crippen LogP contribution is 2.18. The van der Waals surface area contributed by atoms with Crippen molar-refractivity contribution in [1.82, 2.24) is 20.2 Å². The predicted octanol–water partition coefficient (Wildman–Crippen LogP) is 2.28. The van der Waals surface area contributed by atoms with E-state index in [-0.39, 0.29) is 0 Å². The normalized spacial score (nSPS) is 10.7. The maximum Gasteiger partial charge on any atom is 0.182 e. The Balaban J connectivity index is 1.92. The molecule has 0 radical (unpaired) electrons. The summed E-state index contributed by atoms with van der Waals surface area (Å²) in [6, 6.07) is 15.9. The highest BCUT2D eigenvalue weighted by Gasteiger charge is 2.09. The summed E-state index contributed by atoms with van der Waals surface area (Å²) in [6.07, 6.45) is 0. The van der Waals surface area contributed by atoms with Gasteiger partial charge in [-0.3, -0.25) is 0 Å². The van der Waals surface area contributed by atoms with E-state index in [9.17, 15) is 0 Å². The first-order valence-electron chi connectivity index (χ1n) is 6.40. The lowest BCUT2D eigenvalue weighted by molar-refractivity contribution is 0.653. The van der Waals surface area contributed by atoms with E-state index in [4.69, 9.17) is 5.73 Å². The van der Waals surface area contributed by atoms with Crippen molar-refractivity contribution in [1.29, 1.82) is 0 Å². The fraction of sp³-hybridized carbons (Fsp3) is 0.133. The molecule has 0 fully saturated rings. The van der Waals surface area contributed by atoms with E-state index < -0.39 is 0 Å². The molecular weight excluding hydrogens is 250 g/mol. The first-order valence-corrected chi connectivity index (χ1v) is 6.40. The van der Waals surface area contributed by atoms with E-state index in [0.717, 1.165) is 22.6 Å². The Hall–Kier alpha value is -2.69. The van der Waals surface area contributed by atoms with E-state index in [2.05, 4.69) is 34.6 Å². The average Bonchev–Trinajstić information content (AvgIpc) is 2.89. The smallest absolute Gasteiger partial charge is 0.182 e. The van der Waals surface area contributed by atoms with Crippen molar-refractivity contribution in [2.45, 2.75) is 13.5 Å². The number of anilines is 1. The van der Waals surface area contributed by atoms with Crippen LogP contribution in [0.15, 0.2) is 48.5 Å². The molecule has 1 aromatic heterocycles. The van der Waals surface area contributed by atoms with E-state index in [1.54, 1.807) is 4.68 Å². The van der Waals surface area contributed by atoms with Gasteiger partial charge in [0, 0.05) is 11.3 Å². The molecule has 1 heterocycles. The number of aryl methyl sites for hydroxylation is 1. The third kappa shape index (κ3) is 2.51. The average molecular weight is 265 g/mol. The molecule has 0 aliphatic heterocycles. The number of nitrogens with zero attached hydrogens (tertiary/aromatic N) is 4. The number of nitrogens with two attached hydrogens (primary N) is 1. The van der Waals surface area contributed by atoms with Gasteiger partial charge in [0.05, 0.1) is 6.54 Å². The quantitative estimate of drug-likeness (QED) is 0.738. The SMILES string of the molecule is Cc1cccc(-c2nnnn2Cc2ccc(N)cc2)c1. The molecule has 0 saturated carbocycles. The first kappa shape index (κ1) is 12.3. The Labute approximate surface area is 117 Å². The number of rotatable bonds is 3. The molecule has 3 rings (SSSR count). The largest absolute Gasteiger partial charge is 0.399 e. The van der Waals surface area contributed by atoms with Crippen molar-refractivity contribution in [3.63, 3.8) is 0 Å². The molecule has 0 spiro atoms. The van der Waals surface area contributed by atoms with Crippen LogP contribution in [0.2, 0.25) is 0 Å². The molecule has 100 valence electrons. The number of hydrogen-bond donors (Lipinski definition) is 1. The maximum absolute atomic E-state index is 5.69. The Bertz CT molecular complexity index is 715. The standard InChI is InChI=1S/C15H15N5/c1-11-3-2-4-13(9-11)15-17-18-19-20(15)10-12-5-7-14(16)8-6-12/h2-9H,10,16H2,1H3. The summed E-state index contributed by atoms with van der Waals surface area (Å²) >= 11 is 0. The third-order valence-electron chi connectivity index (χ3n) is 3.12. The third-order valence-corrected chi connectivity index (χ3v) is 3.12. The van der Waals surface area contributed by atoms with Gasteiger partial charge < -0.3 is 5.73 Å². The zero-order chi connectivity index (χ0) is 13.9. The minimum atomic E-state index is 0.622. The van der Waals surface area contributed by atoms with Crippen LogP contribution in [0.25, 0.3) is 11.4 Å². The first-order chi connectivity index (χ1) is 9.72. The van der Waals surface area contributed by atoms with Gasteiger partial charge in [-0.2, -0.15) is 0 Å². The van der Waals surface area contributed by atoms with Crippen molar-refractivity contribution in [3.8, 4) is 11.4 Å². The summed E-state index contributed by atoms with van der Waals surface area (Å²) < 4.78 is 1.79. The number of aromatic nitrogens is 4. The molecule has 3 aromatic rings. The highest BCUT2D eigenvalue weighted by molar-refractivity contribution is 5.55. The lowest BCUT2D eigenvalue weighted by Crippen LogP contribution is -2.04. The molecule has 0 amide bonds. The second-order valence-corrected chi connectivity index (χ2v) is 4.77. The second kappa shape index (κ2) is 5.13. The van der Waals surface area contributed by atoms with Gasteiger partial charge in [-0.1, -0.05) is 35.9 Å². The molecule has 0 atom stereocenters. The van der Waals surface area contributed by atoms with Crippen molar-refractivity contribution in [2.24, 2.45) is 0 Å². The lowest BCUT2D eigenvalue weighted by Gasteiger charge is -2.06. The Morgan fingerprint density at radius 2 is 1.90 bits per heavy atom. The fourth-order valence-corrected chi connectivity index (χ4v) is 2.10. The Kier molecular flexibility index (Phi) is 3.16. The number of nitrogen functional groups attached to an aromatic ring is 1. The molecule has 5 heteroatoms. The van der Waals surface area contributed by atoms with Gasteiger partial charge >= 0.3 is 0 Å². The van der Waals surface area contributed by atoms with E-state index in [0.29, 0.717) is 6.54 Å². The van der Waals surface area contributed by atoms with Crippen molar-refractivity contribution in [2.75, 3.05) is 5.73 Å². The molecule has 2 aromatic carbocycles. The molecular formula is C15H15N5. The summed E-state index contributed by atoms with van der Waals surface area (Å²) in [5.41, 5.74) is 9.76. The van der Waals surface area contributed by atoms with Crippen molar-refractivity contribution in [3.05, 3.63) is 59.7 Å². The Morgan fingerprint density at radius 1 is 1.10 bits per heavy atom. The monoisotopic (exact) mass is 265 g/mol. The summed E-state index contributed by atoms with van der Waals surface area (Å²) in [4.78, 5) is 0. The minimum Gasteiger partial charge on any atom is -0.399 e. The van der Waals surface area contributed by atoms with Gasteiger partial charge in [-0.15, -0.1) is 5.10 Å². The lowest BCUT2D eigenvalue weighted by atomic mass is 10.1. The zero-order valence-corrected chi connectivity index (χ0v) is 11.2. The van der Waals surface area contributed by atoms with Crippen LogP contribution in [0.3, 0.4) is 0 Å². The maximum atomic E-state index is 5.69. The summed E-state index contributed by atoms with van der Waals surface area (Å²) in [5.74, 6) is 0.769. The van der Waals surface area contributed by atoms with Gasteiger partial charge in [0.1, 0.15) is 0 Å². The molecule has 0 aliphatic carbocycles. The number of benzene rings is 2. The highest BCUT2D eigenvalue weighted by atomic mass is 15.5. The molecule has 2 N–H and O–H groups in total. The van der Waals surface area contributed by atoms with Crippen molar-refractivity contribution < 1.29 is 0 Å². The van der Waals surface area contributed by atoms with Gasteiger partial charge in [0.25, 0.3) is 0 Å². The van der Waals surface area contributed by atoms with Gasteiger partial charge in [0.2, 0.25) is 0 Å². The van der Waals surface area contributed by atoms with Gasteiger partial charge in [-0.25, -0.2) is 4.68 Å². The molecule has 20 heavy (non-hydrogen) atoms. The summed E-state index contributed by atoms with van der Waals surface area (Å²) in [5, 5.41) is 12.0. The van der Waals surface area contributed by atoms with Crippen LogP contribution < -0.4 is 5.73 Å². The van der Waals surface area contributed by atoms with Crippen LogP contribution >= 0.6 is 0 Å². The van der Waals surface area contributed by atoms with E-state index in [1.165, 1.54) is 5.56 Å². The molecule has 0 saturated heterocycles. The molecule has 0 unspecified atom stereocenters. The molecule has 0 bridgehead atoms. The fourth-order valence-electron chi connectivity index (χ4n) is 2.10. The minimum absolute atomic E-state index is 0.622. The molecule has 5 nitrogen and oxygen atoms in total. The number of hydrogen-bond acceptors (Lipinski definition) is 4. The topological polar surface area (TPSA) is 69.6 Å². The van der Waals surface area contributed by atoms with Gasteiger partial charge in [-0.05, 0) is 41.1 Å². The van der Waals surface area contributed by atoms with Crippen LogP contribution in [-0.4, -0.2) is 20.2 Å². The van der Waals surface area contributed by atoms with E-state index in [1.807, 2.05) is 36.4 Å². The van der Waals surface area contributed by atoms with E-state index >= 15 is 0 Å². The molecule has 0 aliphatic rings. The number of tetrazole rings is 1. The van der Waals surface area contributed by atoms with Crippen LogP contribution in [0, 0.1) is 6.92 Å². The van der Waals surface area contributed by atoms with Crippen LogP contribution in [-0.2, 0) is 6.54 Å². The predicted molar refractivity (Wildman–Crippen MR) is 77.9 cm³/mol. The summed E-state index contributed by atoms with van der Waals surface area (Å²) in [6.45, 7) is 2.67. The van der Waals surface area contributed by atoms with Crippen LogP contribution in [0.1, 0.15) is 11.1 Å². The van der Waals surface area contributed by atoms with Crippen LogP contribution in [0.4, 0.5) is 5.69 Å². The summed E-state index contributed by atoms with van der Waals surface area (Å²) in [7, 11) is 0. The Morgan fingerprint density at radius 3 is 2.65 bits per heavy atom.